The van der Waals surface area contributed by atoms with Crippen molar-refractivity contribution < 1.29 is 9.66 Å². The zero-order valence-electron chi connectivity index (χ0n) is 10.3. The fourth-order valence-corrected chi connectivity index (χ4v) is 1.85. The molecular weight excluding hydrogens is 319 g/mol. The minimum atomic E-state index is -0.651. The van der Waals surface area contributed by atoms with E-state index in [-0.39, 0.29) is 38.8 Å². The second-order valence-corrected chi connectivity index (χ2v) is 4.67. The van der Waals surface area contributed by atoms with Gasteiger partial charge in [-0.2, -0.15) is 0 Å². The Hall–Kier alpha value is -2.38. The van der Waals surface area contributed by atoms with E-state index in [1.165, 1.54) is 18.3 Å². The average Bonchev–Trinajstić information content (AvgIpc) is 2.42. The zero-order valence-corrected chi connectivity index (χ0v) is 11.9. The Bertz CT molecular complexity index is 736. The second kappa shape index (κ2) is 5.94. The van der Waals surface area contributed by atoms with Crippen LogP contribution in [0.25, 0.3) is 0 Å². The van der Waals surface area contributed by atoms with Gasteiger partial charge in [-0.3, -0.25) is 15.5 Å². The lowest BCUT2D eigenvalue weighted by Gasteiger charge is -2.10. The number of nitro groups is 1. The summed E-state index contributed by atoms with van der Waals surface area (Å²) in [5, 5.41) is 18.6. The molecule has 9 heteroatoms. The quantitative estimate of drug-likeness (QED) is 0.386. The molecule has 0 radical (unpaired) electrons. The van der Waals surface area contributed by atoms with Gasteiger partial charge in [-0.1, -0.05) is 23.2 Å². The van der Waals surface area contributed by atoms with Crippen molar-refractivity contribution in [3.63, 3.8) is 0 Å². The molecule has 0 aliphatic heterocycles. The summed E-state index contributed by atoms with van der Waals surface area (Å²) < 4.78 is 5.43. The van der Waals surface area contributed by atoms with Gasteiger partial charge < -0.3 is 10.5 Å². The number of pyridine rings is 1. The molecule has 0 saturated carbocycles. The molecule has 1 heterocycles. The molecule has 108 valence electrons. The van der Waals surface area contributed by atoms with Gasteiger partial charge in [-0.15, -0.1) is 0 Å². The van der Waals surface area contributed by atoms with Crippen molar-refractivity contribution in [2.75, 3.05) is 0 Å². The molecule has 0 aliphatic rings. The molecule has 3 N–H and O–H groups in total. The summed E-state index contributed by atoms with van der Waals surface area (Å²) >= 11 is 11.6. The predicted octanol–water partition coefficient (Wildman–Crippen LogP) is 3.37. The van der Waals surface area contributed by atoms with Crippen molar-refractivity contribution in [3.8, 4) is 11.5 Å². The Balaban J connectivity index is 2.52. The van der Waals surface area contributed by atoms with Crippen molar-refractivity contribution in [2.45, 2.75) is 0 Å². The normalized spacial score (nSPS) is 10.2. The van der Waals surface area contributed by atoms with Gasteiger partial charge in [-0.05, 0) is 12.1 Å². The third-order valence-electron chi connectivity index (χ3n) is 2.44. The van der Waals surface area contributed by atoms with Crippen LogP contribution in [0.3, 0.4) is 0 Å². The molecule has 21 heavy (non-hydrogen) atoms. The van der Waals surface area contributed by atoms with E-state index in [4.69, 9.17) is 39.1 Å². The summed E-state index contributed by atoms with van der Waals surface area (Å²) in [4.78, 5) is 14.3. The van der Waals surface area contributed by atoms with Crippen LogP contribution >= 0.6 is 23.2 Å². The average molecular weight is 327 g/mol. The van der Waals surface area contributed by atoms with Gasteiger partial charge in [0.2, 0.25) is 5.75 Å². The first kappa shape index (κ1) is 15.0. The maximum absolute atomic E-state index is 11.0. The lowest BCUT2D eigenvalue weighted by molar-refractivity contribution is -0.385. The van der Waals surface area contributed by atoms with Crippen molar-refractivity contribution in [2.24, 2.45) is 5.73 Å². The minimum absolute atomic E-state index is 0.0358. The molecule has 2 rings (SSSR count). The lowest BCUT2D eigenvalue weighted by atomic mass is 10.2. The zero-order chi connectivity index (χ0) is 15.6. The highest BCUT2D eigenvalue weighted by Gasteiger charge is 2.20. The smallest absolute Gasteiger partial charge is 0.313 e. The maximum atomic E-state index is 11.0. The number of benzene rings is 1. The second-order valence-electron chi connectivity index (χ2n) is 3.86. The van der Waals surface area contributed by atoms with Gasteiger partial charge in [0, 0.05) is 18.3 Å². The summed E-state index contributed by atoms with van der Waals surface area (Å²) in [6.07, 6.45) is 1.42. The first-order valence-electron chi connectivity index (χ1n) is 5.51. The number of hydrogen-bond acceptors (Lipinski definition) is 5. The number of ether oxygens (including phenoxy) is 1. The number of rotatable bonds is 4. The number of hydrogen-bond donors (Lipinski definition) is 2. The number of nitrogens with zero attached hydrogens (tertiary/aromatic N) is 2. The molecule has 1 aromatic heterocycles. The Morgan fingerprint density at radius 1 is 1.33 bits per heavy atom. The number of amidine groups is 1. The van der Waals surface area contributed by atoms with Gasteiger partial charge >= 0.3 is 5.69 Å². The molecular formula is C12H8Cl2N4O3. The molecule has 0 fully saturated rings. The molecule has 0 bridgehead atoms. The van der Waals surface area contributed by atoms with Crippen LogP contribution < -0.4 is 10.5 Å². The molecule has 0 aliphatic carbocycles. The van der Waals surface area contributed by atoms with Crippen LogP contribution in [0, 0.1) is 15.5 Å². The van der Waals surface area contributed by atoms with E-state index >= 15 is 0 Å². The van der Waals surface area contributed by atoms with E-state index < -0.39 is 4.92 Å². The highest BCUT2D eigenvalue weighted by Crippen LogP contribution is 2.38. The number of nitrogen functional groups attached to an aromatic ring is 1. The van der Waals surface area contributed by atoms with Crippen molar-refractivity contribution in [1.29, 1.82) is 5.41 Å². The molecule has 0 saturated heterocycles. The van der Waals surface area contributed by atoms with Gasteiger partial charge in [0.25, 0.3) is 0 Å². The Morgan fingerprint density at radius 2 is 2.00 bits per heavy atom. The van der Waals surface area contributed by atoms with Crippen LogP contribution in [-0.4, -0.2) is 15.7 Å². The number of nitrogens with two attached hydrogens (primary N) is 1. The molecule has 0 atom stereocenters. The first-order valence-corrected chi connectivity index (χ1v) is 6.26. The predicted molar refractivity (Wildman–Crippen MR) is 78.4 cm³/mol. The molecule has 1 aromatic carbocycles. The van der Waals surface area contributed by atoms with Crippen LogP contribution in [0.1, 0.15) is 5.69 Å². The van der Waals surface area contributed by atoms with Crippen LogP contribution in [0.2, 0.25) is 10.0 Å². The number of aromatic nitrogens is 1. The molecule has 0 unspecified atom stereocenters. The van der Waals surface area contributed by atoms with Crippen LogP contribution in [0.15, 0.2) is 30.5 Å². The number of nitrogens with one attached hydrogen (secondary N) is 1. The van der Waals surface area contributed by atoms with E-state index in [2.05, 4.69) is 4.98 Å². The van der Waals surface area contributed by atoms with Crippen LogP contribution in [0.5, 0.6) is 11.5 Å². The fraction of sp³-hybridized carbons (Fsp3) is 0. The molecule has 2 aromatic rings. The number of nitro benzene ring substituents is 1. The monoisotopic (exact) mass is 326 g/mol. The van der Waals surface area contributed by atoms with Crippen molar-refractivity contribution >= 4 is 34.7 Å². The topological polar surface area (TPSA) is 115 Å². The summed E-state index contributed by atoms with van der Waals surface area (Å²) in [5.41, 5.74) is 5.09. The van der Waals surface area contributed by atoms with Crippen molar-refractivity contribution in [3.05, 3.63) is 56.3 Å². The van der Waals surface area contributed by atoms with E-state index in [9.17, 15) is 10.1 Å². The van der Waals surface area contributed by atoms with Crippen LogP contribution in [0.4, 0.5) is 5.69 Å². The SMILES string of the molecule is N=C(N)c1ncccc1Oc1cc(Cl)c(Cl)cc1[N+](=O)[O-]. The highest BCUT2D eigenvalue weighted by molar-refractivity contribution is 6.42. The Morgan fingerprint density at radius 3 is 2.62 bits per heavy atom. The summed E-state index contributed by atoms with van der Waals surface area (Å²) in [5.74, 6) is -0.343. The van der Waals surface area contributed by atoms with Gasteiger partial charge in [-0.25, -0.2) is 4.98 Å². The van der Waals surface area contributed by atoms with E-state index in [1.54, 1.807) is 6.07 Å². The Kier molecular flexibility index (Phi) is 4.25. The summed E-state index contributed by atoms with van der Waals surface area (Å²) in [6, 6.07) is 5.34. The van der Waals surface area contributed by atoms with E-state index in [1.807, 2.05) is 0 Å². The van der Waals surface area contributed by atoms with Crippen molar-refractivity contribution in [1.82, 2.24) is 4.98 Å². The standard InChI is InChI=1S/C12H8Cl2N4O3/c13-6-4-8(18(19)20)10(5-7(6)14)21-9-2-1-3-17-11(9)12(15)16/h1-5H,(H3,15,16). The van der Waals surface area contributed by atoms with Gasteiger partial charge in [0.1, 0.15) is 11.5 Å². The summed E-state index contributed by atoms with van der Waals surface area (Å²) in [6.45, 7) is 0. The van der Waals surface area contributed by atoms with E-state index in [0.29, 0.717) is 0 Å². The Labute approximate surface area is 128 Å². The third kappa shape index (κ3) is 3.21. The molecule has 7 nitrogen and oxygen atoms in total. The largest absolute Gasteiger partial charge is 0.448 e. The van der Waals surface area contributed by atoms with E-state index in [0.717, 1.165) is 6.07 Å². The summed E-state index contributed by atoms with van der Waals surface area (Å²) in [7, 11) is 0. The molecule has 0 amide bonds. The fourth-order valence-electron chi connectivity index (χ4n) is 1.54. The third-order valence-corrected chi connectivity index (χ3v) is 3.17. The number of halogens is 2. The lowest BCUT2D eigenvalue weighted by Crippen LogP contribution is -2.14. The molecule has 0 spiro atoms. The maximum Gasteiger partial charge on any atom is 0.313 e. The highest BCUT2D eigenvalue weighted by atomic mass is 35.5. The minimum Gasteiger partial charge on any atom is -0.448 e. The van der Waals surface area contributed by atoms with Crippen LogP contribution in [-0.2, 0) is 0 Å². The van der Waals surface area contributed by atoms with Gasteiger partial charge in [0.05, 0.1) is 15.0 Å². The first-order chi connectivity index (χ1) is 9.90. The van der Waals surface area contributed by atoms with Gasteiger partial charge in [0.15, 0.2) is 5.75 Å².